The second kappa shape index (κ2) is 7.60. The third-order valence-electron chi connectivity index (χ3n) is 4.04. The van der Waals surface area contributed by atoms with Gasteiger partial charge in [0.15, 0.2) is 5.75 Å². The molecule has 1 aromatic heterocycles. The highest BCUT2D eigenvalue weighted by Crippen LogP contribution is 2.30. The van der Waals surface area contributed by atoms with Gasteiger partial charge in [0, 0.05) is 31.4 Å². The van der Waals surface area contributed by atoms with Crippen molar-refractivity contribution in [1.29, 1.82) is 0 Å². The monoisotopic (exact) mass is 405 g/mol. The van der Waals surface area contributed by atoms with Gasteiger partial charge in [-0.3, -0.25) is 10.1 Å². The van der Waals surface area contributed by atoms with Crippen LogP contribution in [-0.2, 0) is 0 Å². The summed E-state index contributed by atoms with van der Waals surface area (Å²) in [6.45, 7) is 1.63. The molecule has 7 nitrogen and oxygen atoms in total. The number of carbonyl (C=O) groups excluding carboxylic acids is 1. The van der Waals surface area contributed by atoms with E-state index in [4.69, 9.17) is 4.74 Å². The van der Waals surface area contributed by atoms with Gasteiger partial charge in [-0.15, -0.1) is 0 Å². The van der Waals surface area contributed by atoms with E-state index in [0.717, 1.165) is 32.4 Å². The van der Waals surface area contributed by atoms with Crippen LogP contribution in [0.2, 0.25) is 0 Å². The second-order valence-corrected chi connectivity index (χ2v) is 6.44. The molecule has 0 N–H and O–H groups in total. The summed E-state index contributed by atoms with van der Waals surface area (Å²) in [4.78, 5) is 29.3. The summed E-state index contributed by atoms with van der Waals surface area (Å²) < 4.78 is 5.80. The molecule has 130 valence electrons. The maximum atomic E-state index is 12.7. The molecule has 1 aliphatic rings. The molecule has 0 amide bonds. The number of non-ortho nitro benzene ring substituents is 1. The average molecular weight is 406 g/mol. The molecule has 2 heterocycles. The first-order chi connectivity index (χ1) is 12.1. The van der Waals surface area contributed by atoms with Crippen LogP contribution in [0.3, 0.4) is 0 Å². The Morgan fingerprint density at radius 2 is 2.00 bits per heavy atom. The van der Waals surface area contributed by atoms with Gasteiger partial charge >= 0.3 is 5.97 Å². The number of benzene rings is 1. The molecule has 0 saturated carbocycles. The molecule has 0 spiro atoms. The van der Waals surface area contributed by atoms with Crippen LogP contribution in [0.4, 0.5) is 11.4 Å². The lowest BCUT2D eigenvalue weighted by molar-refractivity contribution is -0.384. The fourth-order valence-electron chi connectivity index (χ4n) is 2.81. The van der Waals surface area contributed by atoms with E-state index in [2.05, 4.69) is 25.8 Å². The summed E-state index contributed by atoms with van der Waals surface area (Å²) in [7, 11) is 0. The number of halogens is 1. The van der Waals surface area contributed by atoms with Crippen molar-refractivity contribution in [3.8, 4) is 5.75 Å². The normalized spacial score (nSPS) is 14.2. The molecule has 0 unspecified atom stereocenters. The second-order valence-electron chi connectivity index (χ2n) is 5.69. The van der Waals surface area contributed by atoms with Gasteiger partial charge in [0.1, 0.15) is 4.60 Å². The van der Waals surface area contributed by atoms with Crippen molar-refractivity contribution in [2.45, 2.75) is 19.3 Å². The summed E-state index contributed by atoms with van der Waals surface area (Å²) in [6.07, 6.45) is 4.76. The smallest absolute Gasteiger partial charge is 0.346 e. The lowest BCUT2D eigenvalue weighted by Crippen LogP contribution is -2.31. The third kappa shape index (κ3) is 3.96. The molecule has 25 heavy (non-hydrogen) atoms. The van der Waals surface area contributed by atoms with Crippen molar-refractivity contribution in [2.24, 2.45) is 0 Å². The summed E-state index contributed by atoms with van der Waals surface area (Å²) >= 11 is 3.22. The highest BCUT2D eigenvalue weighted by molar-refractivity contribution is 9.10. The van der Waals surface area contributed by atoms with E-state index in [1.165, 1.54) is 12.1 Å². The average Bonchev–Trinajstić information content (AvgIpc) is 2.63. The quantitative estimate of drug-likeness (QED) is 0.331. The van der Waals surface area contributed by atoms with Crippen molar-refractivity contribution in [1.82, 2.24) is 4.98 Å². The van der Waals surface area contributed by atoms with Crippen molar-refractivity contribution in [3.63, 3.8) is 0 Å². The Hall–Kier alpha value is -2.48. The van der Waals surface area contributed by atoms with E-state index in [-0.39, 0.29) is 17.0 Å². The third-order valence-corrected chi connectivity index (χ3v) is 4.63. The van der Waals surface area contributed by atoms with Crippen molar-refractivity contribution in [2.75, 3.05) is 18.0 Å². The van der Waals surface area contributed by atoms with Crippen LogP contribution in [0.15, 0.2) is 41.1 Å². The van der Waals surface area contributed by atoms with Crippen molar-refractivity contribution >= 4 is 33.3 Å². The zero-order valence-electron chi connectivity index (χ0n) is 13.4. The van der Waals surface area contributed by atoms with Gasteiger partial charge in [0.2, 0.25) is 0 Å². The predicted molar refractivity (Wildman–Crippen MR) is 96.1 cm³/mol. The van der Waals surface area contributed by atoms with E-state index in [1.807, 2.05) is 0 Å². The van der Waals surface area contributed by atoms with Gasteiger partial charge in [0.05, 0.1) is 16.2 Å². The van der Waals surface area contributed by atoms with Crippen LogP contribution >= 0.6 is 15.9 Å². The van der Waals surface area contributed by atoms with Gasteiger partial charge < -0.3 is 9.64 Å². The number of ether oxygens (including phenoxy) is 1. The van der Waals surface area contributed by atoms with Gasteiger partial charge in [-0.2, -0.15) is 0 Å². The molecule has 0 radical (unpaired) electrons. The number of pyridine rings is 1. The Morgan fingerprint density at radius 3 is 2.68 bits per heavy atom. The molecule has 1 aromatic carbocycles. The minimum absolute atomic E-state index is 0.141. The number of nitro groups is 1. The molecule has 0 aliphatic carbocycles. The SMILES string of the molecule is O=C(Oc1cccnc1Br)c1cc([N+](=O)[O-])ccc1N1CCCCC1. The molecular formula is C17H16BrN3O4. The number of aromatic nitrogens is 1. The molecule has 0 bridgehead atoms. The number of hydrogen-bond donors (Lipinski definition) is 0. The number of carbonyl (C=O) groups is 1. The zero-order valence-corrected chi connectivity index (χ0v) is 14.9. The topological polar surface area (TPSA) is 85.6 Å². The van der Waals surface area contributed by atoms with Crippen LogP contribution in [0.25, 0.3) is 0 Å². The maximum Gasteiger partial charge on any atom is 0.346 e. The number of anilines is 1. The number of hydrogen-bond acceptors (Lipinski definition) is 6. The fourth-order valence-corrected chi connectivity index (χ4v) is 3.15. The Labute approximate surface area is 152 Å². The largest absolute Gasteiger partial charge is 0.420 e. The van der Waals surface area contributed by atoms with E-state index in [9.17, 15) is 14.9 Å². The Kier molecular flexibility index (Phi) is 5.28. The molecule has 1 saturated heterocycles. The lowest BCUT2D eigenvalue weighted by Gasteiger charge is -2.30. The molecule has 3 rings (SSSR count). The standard InChI is InChI=1S/C17H16BrN3O4/c18-16-15(5-4-8-19-16)25-17(22)13-11-12(21(23)24)6-7-14(13)20-9-2-1-3-10-20/h4-8,11H,1-3,9-10H2. The minimum atomic E-state index is -0.641. The van der Waals surface area contributed by atoms with Crippen LogP contribution in [0.1, 0.15) is 29.6 Å². The first-order valence-corrected chi connectivity index (χ1v) is 8.71. The number of piperidine rings is 1. The van der Waals surface area contributed by atoms with Crippen LogP contribution in [-0.4, -0.2) is 29.0 Å². The minimum Gasteiger partial charge on any atom is -0.420 e. The molecule has 0 atom stereocenters. The summed E-state index contributed by atoms with van der Waals surface area (Å²) in [5.74, 6) is -0.374. The highest BCUT2D eigenvalue weighted by atomic mass is 79.9. The van der Waals surface area contributed by atoms with Gasteiger partial charge in [-0.1, -0.05) is 0 Å². The lowest BCUT2D eigenvalue weighted by atomic mass is 10.1. The molecule has 1 aliphatic heterocycles. The van der Waals surface area contributed by atoms with Gasteiger partial charge in [-0.05, 0) is 53.4 Å². The Bertz CT molecular complexity index is 806. The molecule has 8 heteroatoms. The first kappa shape index (κ1) is 17.3. The van der Waals surface area contributed by atoms with Gasteiger partial charge in [0.25, 0.3) is 5.69 Å². The van der Waals surface area contributed by atoms with Crippen molar-refractivity contribution < 1.29 is 14.5 Å². The number of esters is 1. The number of nitro benzene ring substituents is 1. The Balaban J connectivity index is 1.96. The number of nitrogens with zero attached hydrogens (tertiary/aromatic N) is 3. The summed E-state index contributed by atoms with van der Waals surface area (Å²) in [5.41, 5.74) is 0.708. The molecule has 2 aromatic rings. The summed E-state index contributed by atoms with van der Waals surface area (Å²) in [5, 5.41) is 11.1. The van der Waals surface area contributed by atoms with E-state index in [0.29, 0.717) is 10.3 Å². The van der Waals surface area contributed by atoms with Crippen LogP contribution < -0.4 is 9.64 Å². The molecule has 1 fully saturated rings. The number of rotatable bonds is 4. The summed E-state index contributed by atoms with van der Waals surface area (Å²) in [6, 6.07) is 7.56. The maximum absolute atomic E-state index is 12.7. The first-order valence-electron chi connectivity index (χ1n) is 7.92. The molecular weight excluding hydrogens is 390 g/mol. The fraction of sp³-hybridized carbons (Fsp3) is 0.294. The van der Waals surface area contributed by atoms with Crippen molar-refractivity contribution in [3.05, 3.63) is 56.8 Å². The van der Waals surface area contributed by atoms with E-state index >= 15 is 0 Å². The highest BCUT2D eigenvalue weighted by Gasteiger charge is 2.23. The van der Waals surface area contributed by atoms with Gasteiger partial charge in [-0.25, -0.2) is 9.78 Å². The van der Waals surface area contributed by atoms with E-state index < -0.39 is 10.9 Å². The predicted octanol–water partition coefficient (Wildman–Crippen LogP) is 3.96. The Morgan fingerprint density at radius 1 is 1.24 bits per heavy atom. The van der Waals surface area contributed by atoms with Crippen LogP contribution in [0, 0.1) is 10.1 Å². The zero-order chi connectivity index (χ0) is 17.8. The van der Waals surface area contributed by atoms with E-state index in [1.54, 1.807) is 24.4 Å². The van der Waals surface area contributed by atoms with Crippen LogP contribution in [0.5, 0.6) is 5.75 Å².